The number of carbonyl (C=O) groups is 2. The molecule has 0 spiro atoms. The quantitative estimate of drug-likeness (QED) is 0.562. The first-order chi connectivity index (χ1) is 17.1. The largest absolute Gasteiger partial charge is 0.484 e. The maximum absolute atomic E-state index is 13.0. The number of piperidine rings is 1. The fraction of sp³-hybridized carbons (Fsp3) is 0.500. The summed E-state index contributed by atoms with van der Waals surface area (Å²) in [5.74, 6) is 0.701. The van der Waals surface area contributed by atoms with Gasteiger partial charge in [-0.2, -0.15) is 0 Å². The number of hydrogen-bond acceptors (Lipinski definition) is 6. The van der Waals surface area contributed by atoms with E-state index in [-0.39, 0.29) is 30.9 Å². The third kappa shape index (κ3) is 6.04. The lowest BCUT2D eigenvalue weighted by Crippen LogP contribution is -2.47. The van der Waals surface area contributed by atoms with Crippen LogP contribution in [0.4, 0.5) is 21.0 Å². The van der Waals surface area contributed by atoms with Gasteiger partial charge in [-0.1, -0.05) is 36.4 Å². The Kier molecular flexibility index (Phi) is 7.62. The maximum atomic E-state index is 13.0. The van der Waals surface area contributed by atoms with Crippen LogP contribution in [-0.4, -0.2) is 61.5 Å². The highest BCUT2D eigenvalue weighted by atomic mass is 16.6. The Morgan fingerprint density at radius 1 is 1.03 bits per heavy atom. The minimum atomic E-state index is -0.517. The molecule has 1 atom stereocenters. The van der Waals surface area contributed by atoms with Gasteiger partial charge in [0.15, 0.2) is 5.75 Å². The van der Waals surface area contributed by atoms with E-state index in [4.69, 9.17) is 14.2 Å². The van der Waals surface area contributed by atoms with E-state index in [1.807, 2.05) is 83.3 Å². The van der Waals surface area contributed by atoms with Crippen molar-refractivity contribution in [1.29, 1.82) is 0 Å². The number of anilines is 2. The van der Waals surface area contributed by atoms with E-state index in [0.717, 1.165) is 42.9 Å². The number of ether oxygens (including phenoxy) is 3. The molecule has 4 rings (SSSR count). The van der Waals surface area contributed by atoms with Crippen molar-refractivity contribution in [3.8, 4) is 5.75 Å². The van der Waals surface area contributed by atoms with Crippen molar-refractivity contribution in [2.75, 3.05) is 36.5 Å². The van der Waals surface area contributed by atoms with Gasteiger partial charge in [-0.15, -0.1) is 0 Å². The molecule has 2 amide bonds. The number of amides is 2. The van der Waals surface area contributed by atoms with Crippen LogP contribution in [0.2, 0.25) is 0 Å². The van der Waals surface area contributed by atoms with Crippen LogP contribution in [0, 0.1) is 0 Å². The van der Waals surface area contributed by atoms with Gasteiger partial charge >= 0.3 is 12.2 Å². The summed E-state index contributed by atoms with van der Waals surface area (Å²) in [4.78, 5) is 31.2. The highest BCUT2D eigenvalue weighted by Gasteiger charge is 2.34. The van der Waals surface area contributed by atoms with E-state index in [2.05, 4.69) is 4.90 Å². The van der Waals surface area contributed by atoms with E-state index in [1.54, 1.807) is 9.80 Å². The summed E-state index contributed by atoms with van der Waals surface area (Å²) in [7, 11) is 1.81. The van der Waals surface area contributed by atoms with Gasteiger partial charge in [0.2, 0.25) is 0 Å². The topological polar surface area (TPSA) is 71.6 Å². The molecule has 0 unspecified atom stereocenters. The smallest absolute Gasteiger partial charge is 0.414 e. The summed E-state index contributed by atoms with van der Waals surface area (Å²) >= 11 is 0. The number of carbonyl (C=O) groups excluding carboxylic acids is 2. The minimum Gasteiger partial charge on any atom is -0.484 e. The van der Waals surface area contributed by atoms with Crippen LogP contribution in [0.5, 0.6) is 5.75 Å². The highest BCUT2D eigenvalue weighted by Crippen LogP contribution is 2.43. The zero-order chi connectivity index (χ0) is 25.9. The summed E-state index contributed by atoms with van der Waals surface area (Å²) in [5, 5.41) is 0. The molecule has 1 fully saturated rings. The Morgan fingerprint density at radius 2 is 1.69 bits per heavy atom. The van der Waals surface area contributed by atoms with Gasteiger partial charge in [0.25, 0.3) is 0 Å². The Balaban J connectivity index is 1.44. The van der Waals surface area contributed by atoms with Gasteiger partial charge in [-0.05, 0) is 58.2 Å². The van der Waals surface area contributed by atoms with Crippen LogP contribution in [0.3, 0.4) is 0 Å². The average Bonchev–Trinajstić information content (AvgIpc) is 2.85. The molecular formula is C28H37N3O5. The lowest BCUT2D eigenvalue weighted by molar-refractivity contribution is 0.0200. The van der Waals surface area contributed by atoms with Crippen LogP contribution < -0.4 is 14.5 Å². The predicted molar refractivity (Wildman–Crippen MR) is 140 cm³/mol. The van der Waals surface area contributed by atoms with Gasteiger partial charge < -0.3 is 24.0 Å². The van der Waals surface area contributed by atoms with Crippen molar-refractivity contribution < 1.29 is 23.8 Å². The molecule has 0 aromatic heterocycles. The molecule has 0 N–H and O–H groups in total. The number of benzene rings is 2. The molecule has 2 heterocycles. The first kappa shape index (κ1) is 25.7. The number of para-hydroxylation sites is 1. The van der Waals surface area contributed by atoms with E-state index in [9.17, 15) is 9.59 Å². The number of nitrogens with zero attached hydrogens (tertiary/aromatic N) is 3. The molecule has 2 aromatic rings. The second kappa shape index (κ2) is 10.7. The molecule has 194 valence electrons. The molecule has 0 aliphatic carbocycles. The molecule has 2 aromatic carbocycles. The van der Waals surface area contributed by atoms with Crippen LogP contribution in [0.15, 0.2) is 48.5 Å². The SMILES string of the molecule is C[C@@H]1CN(C(=O)OCc2ccccc2)c2cccc(N3CCC(N(C)C(=O)OC(C)(C)C)CC3)c2O1. The average molecular weight is 496 g/mol. The Bertz CT molecular complexity index is 1060. The van der Waals surface area contributed by atoms with E-state index in [1.165, 1.54) is 0 Å². The Morgan fingerprint density at radius 3 is 2.36 bits per heavy atom. The van der Waals surface area contributed by atoms with Crippen molar-refractivity contribution in [3.63, 3.8) is 0 Å². The van der Waals surface area contributed by atoms with Gasteiger partial charge in [-0.3, -0.25) is 4.90 Å². The summed E-state index contributed by atoms with van der Waals surface area (Å²) < 4.78 is 17.4. The van der Waals surface area contributed by atoms with Crippen LogP contribution in [-0.2, 0) is 16.1 Å². The Hall–Kier alpha value is -3.42. The summed E-state index contributed by atoms with van der Waals surface area (Å²) in [6.45, 7) is 9.77. The summed E-state index contributed by atoms with van der Waals surface area (Å²) in [5.41, 5.74) is 2.10. The zero-order valence-corrected chi connectivity index (χ0v) is 21.9. The number of hydrogen-bond donors (Lipinski definition) is 0. The molecule has 0 radical (unpaired) electrons. The van der Waals surface area contributed by atoms with Crippen molar-refractivity contribution in [2.24, 2.45) is 0 Å². The molecule has 2 aliphatic heterocycles. The van der Waals surface area contributed by atoms with E-state index in [0.29, 0.717) is 12.3 Å². The first-order valence-electron chi connectivity index (χ1n) is 12.6. The highest BCUT2D eigenvalue weighted by molar-refractivity contribution is 5.92. The van der Waals surface area contributed by atoms with Gasteiger partial charge in [-0.25, -0.2) is 9.59 Å². The third-order valence-corrected chi connectivity index (χ3v) is 6.48. The molecule has 8 heteroatoms. The monoisotopic (exact) mass is 495 g/mol. The Labute approximate surface area is 213 Å². The van der Waals surface area contributed by atoms with E-state index < -0.39 is 5.60 Å². The van der Waals surface area contributed by atoms with Crippen molar-refractivity contribution in [2.45, 2.75) is 64.9 Å². The van der Waals surface area contributed by atoms with Crippen LogP contribution in [0.1, 0.15) is 46.1 Å². The molecule has 8 nitrogen and oxygen atoms in total. The molecule has 1 saturated heterocycles. The fourth-order valence-electron chi connectivity index (χ4n) is 4.64. The van der Waals surface area contributed by atoms with Gasteiger partial charge in [0, 0.05) is 26.2 Å². The third-order valence-electron chi connectivity index (χ3n) is 6.48. The molecule has 36 heavy (non-hydrogen) atoms. The second-order valence-electron chi connectivity index (χ2n) is 10.5. The fourth-order valence-corrected chi connectivity index (χ4v) is 4.64. The summed E-state index contributed by atoms with van der Waals surface area (Å²) in [6, 6.07) is 15.6. The maximum Gasteiger partial charge on any atom is 0.414 e. The lowest BCUT2D eigenvalue weighted by Gasteiger charge is -2.40. The first-order valence-corrected chi connectivity index (χ1v) is 12.6. The standard InChI is InChI=1S/C28H37N3O5/c1-20-18-31(27(33)34-19-21-10-7-6-8-11-21)24-13-9-12-23(25(24)35-20)30-16-14-22(15-17-30)29(5)26(32)36-28(2,3)4/h6-13,20,22H,14-19H2,1-5H3/t20-/m1/s1. The van der Waals surface area contributed by atoms with Crippen molar-refractivity contribution >= 4 is 23.6 Å². The number of fused-ring (bicyclic) bond motifs is 1. The molecule has 2 aliphatic rings. The normalized spacial score (nSPS) is 18.2. The van der Waals surface area contributed by atoms with Gasteiger partial charge in [0.05, 0.1) is 17.9 Å². The van der Waals surface area contributed by atoms with Gasteiger partial charge in [0.1, 0.15) is 18.3 Å². The van der Waals surface area contributed by atoms with Crippen molar-refractivity contribution in [3.05, 3.63) is 54.1 Å². The number of rotatable bonds is 4. The molecule has 0 saturated carbocycles. The predicted octanol–water partition coefficient (Wildman–Crippen LogP) is 5.45. The second-order valence-corrected chi connectivity index (χ2v) is 10.5. The van der Waals surface area contributed by atoms with Crippen LogP contribution >= 0.6 is 0 Å². The molecule has 0 bridgehead atoms. The van der Waals surface area contributed by atoms with E-state index >= 15 is 0 Å². The molecular weight excluding hydrogens is 458 g/mol. The zero-order valence-electron chi connectivity index (χ0n) is 21.9. The minimum absolute atomic E-state index is 0.111. The lowest BCUT2D eigenvalue weighted by atomic mass is 10.0. The van der Waals surface area contributed by atoms with Crippen molar-refractivity contribution in [1.82, 2.24) is 4.90 Å². The summed E-state index contributed by atoms with van der Waals surface area (Å²) in [6.07, 6.45) is 0.791. The van der Waals surface area contributed by atoms with Crippen LogP contribution in [0.25, 0.3) is 0 Å².